The molecule has 198 valence electrons. The molecule has 0 bridgehead atoms. The van der Waals surface area contributed by atoms with Gasteiger partial charge < -0.3 is 19.1 Å². The minimum absolute atomic E-state index is 0.144. The van der Waals surface area contributed by atoms with E-state index in [-0.39, 0.29) is 17.3 Å². The first-order valence-electron chi connectivity index (χ1n) is 12.9. The van der Waals surface area contributed by atoms with Crippen molar-refractivity contribution >= 4 is 29.1 Å². The molecule has 1 fully saturated rings. The number of carbonyl (C=O) groups is 3. The number of anilines is 1. The third-order valence-electron chi connectivity index (χ3n) is 8.42. The molecule has 7 nitrogen and oxygen atoms in total. The van der Waals surface area contributed by atoms with Crippen molar-refractivity contribution in [2.75, 3.05) is 26.2 Å². The fourth-order valence-corrected chi connectivity index (χ4v) is 6.88. The number of methoxy groups -OCH3 is 3. The quantitative estimate of drug-likeness (QED) is 0.433. The molecule has 0 radical (unpaired) electrons. The van der Waals surface area contributed by atoms with E-state index in [1.807, 2.05) is 42.2 Å². The second-order valence-corrected chi connectivity index (χ2v) is 10.3. The third kappa shape index (κ3) is 3.19. The van der Waals surface area contributed by atoms with Crippen LogP contribution in [0.2, 0.25) is 0 Å². The predicted molar refractivity (Wildman–Crippen MR) is 147 cm³/mol. The van der Waals surface area contributed by atoms with Gasteiger partial charge in [0.15, 0.2) is 28.8 Å². The monoisotopic (exact) mass is 523 g/mol. The van der Waals surface area contributed by atoms with Gasteiger partial charge in [0.1, 0.15) is 5.41 Å². The van der Waals surface area contributed by atoms with E-state index < -0.39 is 23.4 Å². The minimum Gasteiger partial charge on any atom is -0.493 e. The van der Waals surface area contributed by atoms with E-state index >= 15 is 0 Å². The molecular formula is C32H29NO6. The highest BCUT2D eigenvalue weighted by atomic mass is 16.5. The van der Waals surface area contributed by atoms with Crippen molar-refractivity contribution < 1.29 is 28.6 Å². The average Bonchev–Trinajstić information content (AvgIpc) is 3.38. The van der Waals surface area contributed by atoms with Crippen LogP contribution in [0, 0.1) is 12.3 Å². The summed E-state index contributed by atoms with van der Waals surface area (Å²) < 4.78 is 16.8. The maximum absolute atomic E-state index is 14.6. The molecule has 0 saturated carbocycles. The van der Waals surface area contributed by atoms with Gasteiger partial charge in [-0.25, -0.2) is 0 Å². The molecule has 3 aromatic carbocycles. The van der Waals surface area contributed by atoms with E-state index in [0.29, 0.717) is 33.9 Å². The van der Waals surface area contributed by atoms with Crippen LogP contribution >= 0.6 is 0 Å². The first-order chi connectivity index (χ1) is 18.8. The molecule has 1 saturated heterocycles. The lowest BCUT2D eigenvalue weighted by Crippen LogP contribution is -2.48. The number of aryl methyl sites for hydroxylation is 1. The van der Waals surface area contributed by atoms with E-state index in [0.717, 1.165) is 16.8 Å². The van der Waals surface area contributed by atoms with E-state index in [4.69, 9.17) is 14.2 Å². The number of rotatable bonds is 5. The lowest BCUT2D eigenvalue weighted by Gasteiger charge is -2.37. The molecule has 2 heterocycles. The highest BCUT2D eigenvalue weighted by Gasteiger charge is 2.71. The Balaban J connectivity index is 1.70. The smallest absolute Gasteiger partial charge is 0.203 e. The van der Waals surface area contributed by atoms with Crippen molar-refractivity contribution in [3.8, 4) is 17.2 Å². The zero-order chi connectivity index (χ0) is 27.6. The number of benzene rings is 3. The molecule has 0 aromatic heterocycles. The fourth-order valence-electron chi connectivity index (χ4n) is 6.88. The van der Waals surface area contributed by atoms with Crippen molar-refractivity contribution in [3.63, 3.8) is 0 Å². The fraction of sp³-hybridized carbons (Fsp3) is 0.281. The number of hydrogen-bond acceptors (Lipinski definition) is 7. The van der Waals surface area contributed by atoms with Crippen LogP contribution in [0.4, 0.5) is 5.69 Å². The lowest BCUT2D eigenvalue weighted by molar-refractivity contribution is -0.118. The largest absolute Gasteiger partial charge is 0.493 e. The lowest BCUT2D eigenvalue weighted by atomic mass is 9.64. The molecule has 0 N–H and O–H groups in total. The minimum atomic E-state index is -1.57. The Kier molecular flexibility index (Phi) is 5.64. The van der Waals surface area contributed by atoms with Crippen molar-refractivity contribution in [1.29, 1.82) is 0 Å². The van der Waals surface area contributed by atoms with Gasteiger partial charge in [-0.1, -0.05) is 48.6 Å². The molecule has 3 aliphatic rings. The summed E-state index contributed by atoms with van der Waals surface area (Å²) in [6.07, 6.45) is 3.86. The molecule has 1 aliphatic carbocycles. The molecule has 7 heteroatoms. The Hall–Kier alpha value is -4.39. The van der Waals surface area contributed by atoms with Crippen LogP contribution < -0.4 is 19.1 Å². The summed E-state index contributed by atoms with van der Waals surface area (Å²) in [5, 5.41) is 0. The van der Waals surface area contributed by atoms with Crippen LogP contribution in [0.15, 0.2) is 60.7 Å². The van der Waals surface area contributed by atoms with Crippen LogP contribution in [0.3, 0.4) is 0 Å². The molecule has 0 amide bonds. The van der Waals surface area contributed by atoms with Crippen molar-refractivity contribution in [2.24, 2.45) is 5.41 Å². The Morgan fingerprint density at radius 3 is 2.03 bits per heavy atom. The molecule has 3 aromatic rings. The molecule has 39 heavy (non-hydrogen) atoms. The summed E-state index contributed by atoms with van der Waals surface area (Å²) in [7, 11) is 4.54. The van der Waals surface area contributed by atoms with E-state index in [9.17, 15) is 14.4 Å². The number of carbonyl (C=O) groups excluding carboxylic acids is 3. The zero-order valence-corrected chi connectivity index (χ0v) is 22.5. The predicted octanol–water partition coefficient (Wildman–Crippen LogP) is 5.04. The first kappa shape index (κ1) is 24.9. The highest BCUT2D eigenvalue weighted by molar-refractivity contribution is 6.32. The molecule has 1 spiro atoms. The second kappa shape index (κ2) is 8.83. The van der Waals surface area contributed by atoms with Gasteiger partial charge in [-0.2, -0.15) is 0 Å². The maximum Gasteiger partial charge on any atom is 0.203 e. The third-order valence-corrected chi connectivity index (χ3v) is 8.42. The van der Waals surface area contributed by atoms with E-state index in [2.05, 4.69) is 0 Å². The van der Waals surface area contributed by atoms with Crippen LogP contribution in [-0.4, -0.2) is 50.8 Å². The Morgan fingerprint density at radius 2 is 1.49 bits per heavy atom. The summed E-state index contributed by atoms with van der Waals surface area (Å²) in [6.45, 7) is 3.51. The number of nitrogens with zero attached hydrogens (tertiary/aromatic N) is 1. The SMILES string of the molecule is COc1cc(C2C(C(C)=O)N3c4cc(C)ccc4C=CC3C23C(=O)c2ccccc2C3=O)cc(OC)c1OC. The standard InChI is InChI=1S/C32H29NO6/c1-17-10-11-19-12-13-26-32(30(35)21-8-6-7-9-22(21)31(32)36)27(28(18(2)34)33(26)23(19)14-17)20-15-24(37-3)29(39-5)25(16-20)38-4/h6-16,26-28H,1-5H3. The van der Waals surface area contributed by atoms with Crippen molar-refractivity contribution in [1.82, 2.24) is 0 Å². The van der Waals surface area contributed by atoms with Crippen LogP contribution in [0.1, 0.15) is 50.2 Å². The summed E-state index contributed by atoms with van der Waals surface area (Å²) in [4.78, 5) is 44.8. The number of ketones is 3. The summed E-state index contributed by atoms with van der Waals surface area (Å²) in [5.74, 6) is -0.358. The zero-order valence-electron chi connectivity index (χ0n) is 22.5. The van der Waals surface area contributed by atoms with Crippen molar-refractivity contribution in [2.45, 2.75) is 31.8 Å². The van der Waals surface area contributed by atoms with Gasteiger partial charge in [-0.05, 0) is 48.7 Å². The number of fused-ring (bicyclic) bond motifs is 5. The first-order valence-corrected chi connectivity index (χ1v) is 12.9. The highest BCUT2D eigenvalue weighted by Crippen LogP contribution is 2.61. The summed E-state index contributed by atoms with van der Waals surface area (Å²) in [6, 6.07) is 15.0. The Bertz CT molecular complexity index is 1530. The van der Waals surface area contributed by atoms with Crippen LogP contribution in [0.25, 0.3) is 6.08 Å². The van der Waals surface area contributed by atoms with Crippen LogP contribution in [0.5, 0.6) is 17.2 Å². The van der Waals surface area contributed by atoms with Gasteiger partial charge in [0.05, 0.1) is 33.4 Å². The second-order valence-electron chi connectivity index (χ2n) is 10.3. The Labute approximate surface area is 227 Å². The van der Waals surface area contributed by atoms with Gasteiger partial charge in [-0.3, -0.25) is 14.4 Å². The number of hydrogen-bond donors (Lipinski definition) is 0. The van der Waals surface area contributed by atoms with Gasteiger partial charge in [0.2, 0.25) is 5.75 Å². The number of ether oxygens (including phenoxy) is 3. The topological polar surface area (TPSA) is 82.1 Å². The van der Waals surface area contributed by atoms with Gasteiger partial charge in [0, 0.05) is 22.7 Å². The maximum atomic E-state index is 14.6. The van der Waals surface area contributed by atoms with Gasteiger partial charge in [-0.15, -0.1) is 0 Å². The molecule has 6 rings (SSSR count). The molecule has 3 atom stereocenters. The van der Waals surface area contributed by atoms with Crippen LogP contribution in [-0.2, 0) is 4.79 Å². The summed E-state index contributed by atoms with van der Waals surface area (Å²) >= 11 is 0. The molecule has 3 unspecified atom stereocenters. The average molecular weight is 524 g/mol. The molecular weight excluding hydrogens is 494 g/mol. The summed E-state index contributed by atoms with van der Waals surface area (Å²) in [5.41, 5.74) is 2.56. The Morgan fingerprint density at radius 1 is 0.872 bits per heavy atom. The molecule has 2 aliphatic heterocycles. The van der Waals surface area contributed by atoms with Gasteiger partial charge >= 0.3 is 0 Å². The van der Waals surface area contributed by atoms with E-state index in [1.165, 1.54) is 28.3 Å². The van der Waals surface area contributed by atoms with E-state index in [1.54, 1.807) is 36.4 Å². The van der Waals surface area contributed by atoms with Gasteiger partial charge in [0.25, 0.3) is 0 Å². The van der Waals surface area contributed by atoms with Crippen molar-refractivity contribution in [3.05, 3.63) is 88.5 Å². The normalized spacial score (nSPS) is 22.0. The number of Topliss-reactive ketones (excluding diaryl/α,β-unsaturated/α-hetero) is 3.